The van der Waals surface area contributed by atoms with E-state index in [2.05, 4.69) is 23.8 Å². The first-order valence-electron chi connectivity index (χ1n) is 3.90. The molecule has 1 aromatic rings. The average Bonchev–Trinajstić information content (AvgIpc) is 2.03. The fourth-order valence-corrected chi connectivity index (χ4v) is 1.59. The highest BCUT2D eigenvalue weighted by Crippen LogP contribution is 2.19. The fourth-order valence-electron chi connectivity index (χ4n) is 0.795. The summed E-state index contributed by atoms with van der Waals surface area (Å²) in [6.07, 6.45) is 1.56. The van der Waals surface area contributed by atoms with Crippen LogP contribution in [0.5, 0.6) is 0 Å². The number of hydrogen-bond donors (Lipinski definition) is 1. The number of hydrogen-bond acceptors (Lipinski definition) is 4. The van der Waals surface area contributed by atoms with Crippen molar-refractivity contribution in [1.82, 2.24) is 9.97 Å². The van der Waals surface area contributed by atoms with E-state index in [0.29, 0.717) is 11.8 Å². The quantitative estimate of drug-likeness (QED) is 0.569. The number of thioether (sulfide) groups is 1. The SMILES string of the molecule is CC(C)Sc1cc(CN)ncn1. The summed E-state index contributed by atoms with van der Waals surface area (Å²) in [5.41, 5.74) is 6.35. The number of aromatic nitrogens is 2. The van der Waals surface area contributed by atoms with E-state index in [9.17, 15) is 0 Å². The number of nitrogens with zero attached hydrogens (tertiary/aromatic N) is 2. The van der Waals surface area contributed by atoms with Crippen molar-refractivity contribution in [2.24, 2.45) is 5.73 Å². The normalized spacial score (nSPS) is 10.7. The molecule has 0 saturated carbocycles. The lowest BCUT2D eigenvalue weighted by Gasteiger charge is -2.03. The van der Waals surface area contributed by atoms with Crippen LogP contribution in [-0.4, -0.2) is 15.2 Å². The van der Waals surface area contributed by atoms with E-state index in [1.165, 1.54) is 0 Å². The van der Waals surface area contributed by atoms with Gasteiger partial charge >= 0.3 is 0 Å². The van der Waals surface area contributed by atoms with Gasteiger partial charge < -0.3 is 5.73 Å². The average molecular weight is 183 g/mol. The van der Waals surface area contributed by atoms with Gasteiger partial charge in [0.1, 0.15) is 6.33 Å². The second kappa shape index (κ2) is 4.42. The van der Waals surface area contributed by atoms with Gasteiger partial charge in [-0.25, -0.2) is 9.97 Å². The molecule has 0 aliphatic rings. The Bertz CT molecular complexity index is 250. The Labute approximate surface area is 76.8 Å². The van der Waals surface area contributed by atoms with Gasteiger partial charge in [-0.05, 0) is 6.07 Å². The first-order chi connectivity index (χ1) is 5.72. The third-order valence-corrected chi connectivity index (χ3v) is 2.20. The topological polar surface area (TPSA) is 51.8 Å². The van der Waals surface area contributed by atoms with E-state index in [-0.39, 0.29) is 0 Å². The molecule has 3 nitrogen and oxygen atoms in total. The Morgan fingerprint density at radius 3 is 2.83 bits per heavy atom. The lowest BCUT2D eigenvalue weighted by molar-refractivity contribution is 0.920. The molecule has 0 radical (unpaired) electrons. The summed E-state index contributed by atoms with van der Waals surface area (Å²) in [4.78, 5) is 8.14. The van der Waals surface area contributed by atoms with Gasteiger partial charge in [0.25, 0.3) is 0 Å². The first kappa shape index (κ1) is 9.48. The van der Waals surface area contributed by atoms with Crippen LogP contribution in [0.15, 0.2) is 17.4 Å². The minimum Gasteiger partial charge on any atom is -0.325 e. The van der Waals surface area contributed by atoms with E-state index in [1.54, 1.807) is 18.1 Å². The van der Waals surface area contributed by atoms with Gasteiger partial charge in [0.15, 0.2) is 0 Å². The monoisotopic (exact) mass is 183 g/mol. The van der Waals surface area contributed by atoms with Gasteiger partial charge in [-0.3, -0.25) is 0 Å². The summed E-state index contributed by atoms with van der Waals surface area (Å²) < 4.78 is 0. The maximum atomic E-state index is 5.45. The third kappa shape index (κ3) is 2.79. The molecule has 0 spiro atoms. The van der Waals surface area contributed by atoms with Gasteiger partial charge in [-0.1, -0.05) is 13.8 Å². The van der Waals surface area contributed by atoms with E-state index in [1.807, 2.05) is 6.07 Å². The predicted molar refractivity (Wildman–Crippen MR) is 50.9 cm³/mol. The highest BCUT2D eigenvalue weighted by atomic mass is 32.2. The van der Waals surface area contributed by atoms with Crippen LogP contribution in [0.3, 0.4) is 0 Å². The maximum Gasteiger partial charge on any atom is 0.117 e. The van der Waals surface area contributed by atoms with Crippen molar-refractivity contribution in [2.45, 2.75) is 30.7 Å². The van der Waals surface area contributed by atoms with E-state index in [4.69, 9.17) is 5.73 Å². The molecule has 1 rings (SSSR count). The number of nitrogens with two attached hydrogens (primary N) is 1. The van der Waals surface area contributed by atoms with Crippen LogP contribution < -0.4 is 5.73 Å². The highest BCUT2D eigenvalue weighted by molar-refractivity contribution is 7.99. The van der Waals surface area contributed by atoms with E-state index < -0.39 is 0 Å². The molecule has 0 aliphatic carbocycles. The minimum atomic E-state index is 0.480. The summed E-state index contributed by atoms with van der Waals surface area (Å²) in [6, 6.07) is 1.94. The van der Waals surface area contributed by atoms with Crippen LogP contribution in [0.1, 0.15) is 19.5 Å². The number of rotatable bonds is 3. The first-order valence-corrected chi connectivity index (χ1v) is 4.78. The Morgan fingerprint density at radius 1 is 1.50 bits per heavy atom. The van der Waals surface area contributed by atoms with Gasteiger partial charge in [0.05, 0.1) is 10.7 Å². The van der Waals surface area contributed by atoms with Crippen molar-refractivity contribution in [1.29, 1.82) is 0 Å². The van der Waals surface area contributed by atoms with Crippen LogP contribution in [0.25, 0.3) is 0 Å². The lowest BCUT2D eigenvalue weighted by atomic mass is 10.4. The van der Waals surface area contributed by atoms with Gasteiger partial charge in [-0.2, -0.15) is 0 Å². The lowest BCUT2D eigenvalue weighted by Crippen LogP contribution is -2.00. The fraction of sp³-hybridized carbons (Fsp3) is 0.500. The molecule has 0 atom stereocenters. The zero-order valence-corrected chi connectivity index (χ0v) is 8.14. The largest absolute Gasteiger partial charge is 0.325 e. The molecule has 0 unspecified atom stereocenters. The van der Waals surface area contributed by atoms with Crippen LogP contribution in [0.4, 0.5) is 0 Å². The van der Waals surface area contributed by atoms with Crippen molar-refractivity contribution in [3.05, 3.63) is 18.1 Å². The van der Waals surface area contributed by atoms with Crippen LogP contribution in [-0.2, 0) is 6.54 Å². The van der Waals surface area contributed by atoms with Crippen LogP contribution in [0, 0.1) is 0 Å². The molecule has 0 saturated heterocycles. The molecule has 0 bridgehead atoms. The molecular formula is C8H13N3S. The molecule has 12 heavy (non-hydrogen) atoms. The Hall–Kier alpha value is -0.610. The smallest absolute Gasteiger partial charge is 0.117 e. The molecule has 0 fully saturated rings. The third-order valence-electron chi connectivity index (χ3n) is 1.26. The summed E-state index contributed by atoms with van der Waals surface area (Å²) in [6.45, 7) is 4.75. The Kier molecular flexibility index (Phi) is 3.49. The van der Waals surface area contributed by atoms with Crippen molar-refractivity contribution >= 4 is 11.8 Å². The molecule has 0 amide bonds. The van der Waals surface area contributed by atoms with Crippen molar-refractivity contribution in [2.75, 3.05) is 0 Å². The highest BCUT2D eigenvalue weighted by Gasteiger charge is 2.00. The molecular weight excluding hydrogens is 170 g/mol. The molecule has 1 aromatic heterocycles. The second-order valence-electron chi connectivity index (χ2n) is 2.72. The van der Waals surface area contributed by atoms with Crippen molar-refractivity contribution in [3.63, 3.8) is 0 Å². The molecule has 0 aliphatic heterocycles. The standard InChI is InChI=1S/C8H13N3S/c1-6(2)12-8-3-7(4-9)10-5-11-8/h3,5-6H,4,9H2,1-2H3. The van der Waals surface area contributed by atoms with Crippen molar-refractivity contribution < 1.29 is 0 Å². The van der Waals surface area contributed by atoms with Crippen molar-refractivity contribution in [3.8, 4) is 0 Å². The van der Waals surface area contributed by atoms with Gasteiger partial charge in [-0.15, -0.1) is 11.8 Å². The summed E-state index contributed by atoms with van der Waals surface area (Å²) >= 11 is 1.72. The van der Waals surface area contributed by atoms with Gasteiger partial charge in [0.2, 0.25) is 0 Å². The van der Waals surface area contributed by atoms with E-state index >= 15 is 0 Å². The Morgan fingerprint density at radius 2 is 2.25 bits per heavy atom. The molecule has 66 valence electrons. The second-order valence-corrected chi connectivity index (χ2v) is 4.32. The molecule has 4 heteroatoms. The van der Waals surface area contributed by atoms with Crippen LogP contribution in [0.2, 0.25) is 0 Å². The summed E-state index contributed by atoms with van der Waals surface area (Å²) in [5, 5.41) is 1.55. The molecule has 0 aromatic carbocycles. The van der Waals surface area contributed by atoms with Crippen LogP contribution >= 0.6 is 11.8 Å². The zero-order valence-electron chi connectivity index (χ0n) is 7.32. The van der Waals surface area contributed by atoms with E-state index in [0.717, 1.165) is 10.7 Å². The van der Waals surface area contributed by atoms with Gasteiger partial charge in [0, 0.05) is 11.8 Å². The molecule has 1 heterocycles. The summed E-state index contributed by atoms with van der Waals surface area (Å²) in [5.74, 6) is 0. The maximum absolute atomic E-state index is 5.45. The predicted octanol–water partition coefficient (Wildman–Crippen LogP) is 1.44. The summed E-state index contributed by atoms with van der Waals surface area (Å²) in [7, 11) is 0. The zero-order chi connectivity index (χ0) is 8.97. The molecule has 2 N–H and O–H groups in total. The Balaban J connectivity index is 2.72. The minimum absolute atomic E-state index is 0.480.